The lowest BCUT2D eigenvalue weighted by molar-refractivity contribution is 0.0391. The molecule has 0 N–H and O–H groups in total. The Bertz CT molecular complexity index is 1460. The summed E-state index contributed by atoms with van der Waals surface area (Å²) in [5.74, 6) is -0.124. The fourth-order valence-corrected chi connectivity index (χ4v) is 5.82. The summed E-state index contributed by atoms with van der Waals surface area (Å²) in [6.45, 7) is 4.21. The van der Waals surface area contributed by atoms with Crippen molar-refractivity contribution < 1.29 is 17.9 Å². The highest BCUT2D eigenvalue weighted by molar-refractivity contribution is 7.90. The summed E-state index contributed by atoms with van der Waals surface area (Å²) >= 11 is 1.34. The van der Waals surface area contributed by atoms with E-state index in [0.717, 1.165) is 28.6 Å². The highest BCUT2D eigenvalue weighted by atomic mass is 32.2. The van der Waals surface area contributed by atoms with Crippen LogP contribution >= 0.6 is 11.3 Å². The van der Waals surface area contributed by atoms with Gasteiger partial charge < -0.3 is 4.74 Å². The summed E-state index contributed by atoms with van der Waals surface area (Å²) in [5.41, 5.74) is 1.27. The van der Waals surface area contributed by atoms with E-state index in [4.69, 9.17) is 9.72 Å². The van der Waals surface area contributed by atoms with Gasteiger partial charge in [-0.15, -0.1) is 0 Å². The van der Waals surface area contributed by atoms with Gasteiger partial charge in [-0.1, -0.05) is 41.7 Å². The SMILES string of the molecule is CS(=O)(=O)c1ccc2nc(N(CCN3CCOCC3)C(=O)c3ccc4ccccc4c3)sc2c1. The zero-order chi connectivity index (χ0) is 23.7. The molecule has 34 heavy (non-hydrogen) atoms. The molecule has 1 saturated heterocycles. The van der Waals surface area contributed by atoms with Gasteiger partial charge in [0, 0.05) is 38.0 Å². The Morgan fingerprint density at radius 1 is 1.06 bits per heavy atom. The minimum atomic E-state index is -3.33. The Morgan fingerprint density at radius 2 is 1.82 bits per heavy atom. The highest BCUT2D eigenvalue weighted by Gasteiger charge is 2.23. The van der Waals surface area contributed by atoms with Gasteiger partial charge in [0.15, 0.2) is 15.0 Å². The normalized spacial score (nSPS) is 15.1. The number of anilines is 1. The van der Waals surface area contributed by atoms with Crippen LogP contribution in [0.25, 0.3) is 21.0 Å². The van der Waals surface area contributed by atoms with Crippen molar-refractivity contribution in [3.63, 3.8) is 0 Å². The molecule has 176 valence electrons. The molecule has 0 radical (unpaired) electrons. The van der Waals surface area contributed by atoms with E-state index in [1.807, 2.05) is 42.5 Å². The van der Waals surface area contributed by atoms with Gasteiger partial charge in [-0.2, -0.15) is 0 Å². The van der Waals surface area contributed by atoms with Crippen LogP contribution in [0.4, 0.5) is 5.13 Å². The molecule has 2 heterocycles. The van der Waals surface area contributed by atoms with Gasteiger partial charge in [0.1, 0.15) is 0 Å². The summed E-state index contributed by atoms with van der Waals surface area (Å²) in [7, 11) is -3.33. The summed E-state index contributed by atoms with van der Waals surface area (Å²) in [4.78, 5) is 22.6. The van der Waals surface area contributed by atoms with Gasteiger partial charge in [0.2, 0.25) is 0 Å². The molecule has 4 aromatic rings. The van der Waals surface area contributed by atoms with Crippen molar-refractivity contribution in [1.29, 1.82) is 0 Å². The average molecular weight is 496 g/mol. The zero-order valence-electron chi connectivity index (χ0n) is 18.8. The molecule has 0 unspecified atom stereocenters. The topological polar surface area (TPSA) is 79.8 Å². The number of thiazole rings is 1. The molecule has 5 rings (SSSR count). The zero-order valence-corrected chi connectivity index (χ0v) is 20.4. The summed E-state index contributed by atoms with van der Waals surface area (Å²) < 4.78 is 30.2. The first kappa shape index (κ1) is 22.9. The van der Waals surface area contributed by atoms with Crippen LogP contribution in [-0.2, 0) is 14.6 Å². The van der Waals surface area contributed by atoms with Gasteiger partial charge in [0.05, 0.1) is 28.3 Å². The summed E-state index contributed by atoms with van der Waals surface area (Å²) in [5, 5.41) is 2.64. The molecular formula is C25H25N3O4S2. The van der Waals surface area contributed by atoms with E-state index in [1.54, 1.807) is 23.1 Å². The van der Waals surface area contributed by atoms with E-state index < -0.39 is 9.84 Å². The third kappa shape index (κ3) is 4.83. The minimum Gasteiger partial charge on any atom is -0.379 e. The Kier molecular flexibility index (Phi) is 6.35. The molecule has 0 aliphatic carbocycles. The lowest BCUT2D eigenvalue weighted by Gasteiger charge is -2.29. The molecule has 9 heteroatoms. The van der Waals surface area contributed by atoms with Gasteiger partial charge >= 0.3 is 0 Å². The summed E-state index contributed by atoms with van der Waals surface area (Å²) in [6, 6.07) is 18.6. The molecule has 7 nitrogen and oxygen atoms in total. The van der Waals surface area contributed by atoms with Crippen LogP contribution in [0.15, 0.2) is 65.6 Å². The minimum absolute atomic E-state index is 0.124. The second kappa shape index (κ2) is 9.42. The predicted octanol–water partition coefficient (Wildman–Crippen LogP) is 3.83. The van der Waals surface area contributed by atoms with E-state index in [2.05, 4.69) is 4.90 Å². The van der Waals surface area contributed by atoms with E-state index in [1.165, 1.54) is 17.6 Å². The van der Waals surface area contributed by atoms with Gasteiger partial charge in [-0.3, -0.25) is 14.6 Å². The number of aromatic nitrogens is 1. The van der Waals surface area contributed by atoms with Crippen LogP contribution in [-0.4, -0.2) is 69.9 Å². The molecule has 1 amide bonds. The van der Waals surface area contributed by atoms with Crippen molar-refractivity contribution in [2.24, 2.45) is 0 Å². The molecule has 1 aliphatic heterocycles. The largest absolute Gasteiger partial charge is 0.379 e. The Balaban J connectivity index is 1.50. The lowest BCUT2D eigenvalue weighted by atomic mass is 10.1. The number of carbonyl (C=O) groups is 1. The number of hydrogen-bond donors (Lipinski definition) is 0. The average Bonchev–Trinajstić information content (AvgIpc) is 3.27. The van der Waals surface area contributed by atoms with Crippen LogP contribution in [0.1, 0.15) is 10.4 Å². The first-order valence-corrected chi connectivity index (χ1v) is 13.8. The third-order valence-corrected chi connectivity index (χ3v) is 8.14. The monoisotopic (exact) mass is 495 g/mol. The number of carbonyl (C=O) groups excluding carboxylic acids is 1. The molecule has 1 aromatic heterocycles. The van der Waals surface area contributed by atoms with E-state index in [-0.39, 0.29) is 10.8 Å². The number of fused-ring (bicyclic) bond motifs is 2. The van der Waals surface area contributed by atoms with Crippen molar-refractivity contribution >= 4 is 53.2 Å². The van der Waals surface area contributed by atoms with Crippen molar-refractivity contribution in [2.45, 2.75) is 4.90 Å². The second-order valence-corrected chi connectivity index (χ2v) is 11.4. The Morgan fingerprint density at radius 3 is 2.59 bits per heavy atom. The first-order valence-electron chi connectivity index (χ1n) is 11.1. The lowest BCUT2D eigenvalue weighted by Crippen LogP contribution is -2.43. The number of rotatable bonds is 6. The van der Waals surface area contributed by atoms with Gasteiger partial charge in [0.25, 0.3) is 5.91 Å². The maximum absolute atomic E-state index is 13.7. The molecule has 1 fully saturated rings. The quantitative estimate of drug-likeness (QED) is 0.405. The van der Waals surface area contributed by atoms with E-state index in [9.17, 15) is 13.2 Å². The van der Waals surface area contributed by atoms with E-state index in [0.29, 0.717) is 42.5 Å². The van der Waals surface area contributed by atoms with Crippen molar-refractivity contribution in [1.82, 2.24) is 9.88 Å². The number of benzene rings is 3. The second-order valence-electron chi connectivity index (χ2n) is 8.37. The molecule has 0 spiro atoms. The van der Waals surface area contributed by atoms with E-state index >= 15 is 0 Å². The molecular weight excluding hydrogens is 470 g/mol. The number of amides is 1. The third-order valence-electron chi connectivity index (χ3n) is 5.99. The Hall–Kier alpha value is -2.85. The van der Waals surface area contributed by atoms with Crippen LogP contribution in [0.5, 0.6) is 0 Å². The Labute approximate surface area is 202 Å². The number of ether oxygens (including phenoxy) is 1. The molecule has 0 bridgehead atoms. The maximum atomic E-state index is 13.7. The maximum Gasteiger partial charge on any atom is 0.260 e. The summed E-state index contributed by atoms with van der Waals surface area (Å²) in [6.07, 6.45) is 1.19. The number of nitrogens with zero attached hydrogens (tertiary/aromatic N) is 3. The molecule has 0 saturated carbocycles. The van der Waals surface area contributed by atoms with Crippen molar-refractivity contribution in [3.8, 4) is 0 Å². The predicted molar refractivity (Wildman–Crippen MR) is 136 cm³/mol. The number of hydrogen-bond acceptors (Lipinski definition) is 7. The van der Waals surface area contributed by atoms with Gasteiger partial charge in [-0.05, 0) is 41.1 Å². The smallest absolute Gasteiger partial charge is 0.260 e. The van der Waals surface area contributed by atoms with Crippen molar-refractivity contribution in [3.05, 3.63) is 66.2 Å². The van der Waals surface area contributed by atoms with Crippen LogP contribution in [0.2, 0.25) is 0 Å². The standard InChI is InChI=1S/C25H25N3O4S2/c1-34(30,31)21-8-9-22-23(17-21)33-25(26-22)28(11-10-27-12-14-32-15-13-27)24(29)20-7-6-18-4-2-3-5-19(18)16-20/h2-9,16-17H,10-15H2,1H3. The molecule has 0 atom stereocenters. The van der Waals surface area contributed by atoms with Crippen LogP contribution in [0.3, 0.4) is 0 Å². The number of morpholine rings is 1. The number of sulfone groups is 1. The van der Waals surface area contributed by atoms with Gasteiger partial charge in [-0.25, -0.2) is 13.4 Å². The fraction of sp³-hybridized carbons (Fsp3) is 0.280. The van der Waals surface area contributed by atoms with Crippen LogP contribution in [0, 0.1) is 0 Å². The van der Waals surface area contributed by atoms with Crippen molar-refractivity contribution in [2.75, 3.05) is 50.5 Å². The molecule has 3 aromatic carbocycles. The fourth-order valence-electron chi connectivity index (χ4n) is 4.07. The van der Waals surface area contributed by atoms with Crippen LogP contribution < -0.4 is 4.90 Å². The molecule has 1 aliphatic rings. The first-order chi connectivity index (χ1) is 16.4. The highest BCUT2D eigenvalue weighted by Crippen LogP contribution is 2.32.